The second kappa shape index (κ2) is 8.88. The second-order valence-electron chi connectivity index (χ2n) is 11.7. The van der Waals surface area contributed by atoms with Crippen molar-refractivity contribution in [2.24, 2.45) is 17.8 Å². The maximum atomic E-state index is 13.0. The van der Waals surface area contributed by atoms with Crippen LogP contribution in [0.25, 0.3) is 0 Å². The van der Waals surface area contributed by atoms with Crippen LogP contribution in [0.3, 0.4) is 0 Å². The van der Waals surface area contributed by atoms with E-state index in [0.717, 1.165) is 49.8 Å². The molecule has 1 N–H and O–H groups in total. The predicted octanol–water partition coefficient (Wildman–Crippen LogP) is 3.95. The molecular formula is C28H39N5O. The maximum absolute atomic E-state index is 13.0. The van der Waals surface area contributed by atoms with Crippen molar-refractivity contribution in [1.29, 1.82) is 0 Å². The highest BCUT2D eigenvalue weighted by Gasteiger charge is 2.56. The van der Waals surface area contributed by atoms with E-state index in [2.05, 4.69) is 74.2 Å². The van der Waals surface area contributed by atoms with Gasteiger partial charge in [0, 0.05) is 44.3 Å². The lowest BCUT2D eigenvalue weighted by Gasteiger charge is -2.22. The molecule has 0 spiro atoms. The van der Waals surface area contributed by atoms with Crippen molar-refractivity contribution >= 4 is 17.4 Å². The summed E-state index contributed by atoms with van der Waals surface area (Å²) in [6.45, 7) is 11.5. The lowest BCUT2D eigenvalue weighted by molar-refractivity contribution is 0.0768. The average molecular weight is 462 g/mol. The number of hydrogen-bond donors (Lipinski definition) is 1. The van der Waals surface area contributed by atoms with Crippen molar-refractivity contribution in [2.45, 2.75) is 38.6 Å². The molecule has 2 aliphatic heterocycles. The number of nitrogens with one attached hydrogen (secondary N) is 1. The molecule has 3 unspecified atom stereocenters. The molecule has 182 valence electrons. The molecule has 2 aromatic rings. The molecule has 1 saturated carbocycles. The van der Waals surface area contributed by atoms with Gasteiger partial charge in [-0.3, -0.25) is 4.79 Å². The standard InChI is InChI=1S/C28H39N5O/c1-28(2,3)20-8-6-19(7-9-20)27(34)33-17-24-23(25(24)18-33)15-29-21-10-11-26(30-14-21)32-13-12-22(16-32)31(4)5/h6-11,14,22-25,29H,12-13,15-18H2,1-5H3. The second-order valence-corrected chi connectivity index (χ2v) is 11.7. The average Bonchev–Trinajstić information content (AvgIpc) is 3.18. The van der Waals surface area contributed by atoms with Crippen LogP contribution in [0.15, 0.2) is 42.6 Å². The molecule has 34 heavy (non-hydrogen) atoms. The number of benzene rings is 1. The van der Waals surface area contributed by atoms with Crippen molar-refractivity contribution in [1.82, 2.24) is 14.8 Å². The largest absolute Gasteiger partial charge is 0.383 e. The summed E-state index contributed by atoms with van der Waals surface area (Å²) in [5.74, 6) is 3.17. The van der Waals surface area contributed by atoms with Gasteiger partial charge in [0.15, 0.2) is 0 Å². The first-order valence-corrected chi connectivity index (χ1v) is 12.7. The molecule has 6 heteroatoms. The number of piperidine rings is 1. The van der Waals surface area contributed by atoms with Crippen molar-refractivity contribution in [2.75, 3.05) is 57.0 Å². The summed E-state index contributed by atoms with van der Waals surface area (Å²) in [6.07, 6.45) is 3.16. The fraction of sp³-hybridized carbons (Fsp3) is 0.571. The zero-order chi connectivity index (χ0) is 24.0. The number of rotatable bonds is 6. The Kier molecular flexibility index (Phi) is 6.05. The smallest absolute Gasteiger partial charge is 0.253 e. The third kappa shape index (κ3) is 4.65. The highest BCUT2D eigenvalue weighted by Crippen LogP contribution is 2.51. The molecule has 1 amide bonds. The molecule has 1 aliphatic carbocycles. The monoisotopic (exact) mass is 461 g/mol. The Bertz CT molecular complexity index is 999. The van der Waals surface area contributed by atoms with Crippen LogP contribution in [0.4, 0.5) is 11.5 Å². The number of hydrogen-bond acceptors (Lipinski definition) is 5. The number of carbonyl (C=O) groups excluding carboxylic acids is 1. The van der Waals surface area contributed by atoms with Crippen LogP contribution in [0.1, 0.15) is 43.1 Å². The lowest BCUT2D eigenvalue weighted by atomic mass is 9.86. The lowest BCUT2D eigenvalue weighted by Crippen LogP contribution is -2.32. The molecule has 0 bridgehead atoms. The van der Waals surface area contributed by atoms with E-state index in [-0.39, 0.29) is 11.3 Å². The van der Waals surface area contributed by atoms with Crippen molar-refractivity contribution in [3.05, 3.63) is 53.7 Å². The summed E-state index contributed by atoms with van der Waals surface area (Å²) >= 11 is 0. The van der Waals surface area contributed by atoms with Crippen molar-refractivity contribution in [3.63, 3.8) is 0 Å². The van der Waals surface area contributed by atoms with Gasteiger partial charge in [0.25, 0.3) is 5.91 Å². The van der Waals surface area contributed by atoms with E-state index in [1.54, 1.807) is 0 Å². The number of pyridine rings is 1. The molecule has 2 saturated heterocycles. The highest BCUT2D eigenvalue weighted by atomic mass is 16.2. The Balaban J connectivity index is 1.08. The van der Waals surface area contributed by atoms with E-state index in [1.807, 2.05) is 23.2 Å². The molecule has 3 aliphatic rings. The molecule has 3 atom stereocenters. The Morgan fingerprint density at radius 2 is 1.76 bits per heavy atom. The molecule has 0 radical (unpaired) electrons. The van der Waals surface area contributed by atoms with Gasteiger partial charge in [-0.1, -0.05) is 32.9 Å². The number of amides is 1. The van der Waals surface area contributed by atoms with Gasteiger partial charge in [-0.15, -0.1) is 0 Å². The predicted molar refractivity (Wildman–Crippen MR) is 139 cm³/mol. The van der Waals surface area contributed by atoms with Crippen molar-refractivity contribution < 1.29 is 4.79 Å². The van der Waals surface area contributed by atoms with Crippen molar-refractivity contribution in [3.8, 4) is 0 Å². The van der Waals surface area contributed by atoms with Crippen LogP contribution in [-0.4, -0.2) is 73.6 Å². The van der Waals surface area contributed by atoms with E-state index in [0.29, 0.717) is 23.8 Å². The van der Waals surface area contributed by atoms with Crippen LogP contribution < -0.4 is 10.2 Å². The molecule has 3 fully saturated rings. The third-order valence-electron chi connectivity index (χ3n) is 8.16. The van der Waals surface area contributed by atoms with Crippen LogP contribution >= 0.6 is 0 Å². The quantitative estimate of drug-likeness (QED) is 0.706. The van der Waals surface area contributed by atoms with Gasteiger partial charge in [0.1, 0.15) is 5.82 Å². The minimum atomic E-state index is 0.107. The zero-order valence-corrected chi connectivity index (χ0v) is 21.3. The summed E-state index contributed by atoms with van der Waals surface area (Å²) in [7, 11) is 4.31. The number of likely N-dealkylation sites (N-methyl/N-ethyl adjacent to an activating group) is 1. The number of nitrogens with zero attached hydrogens (tertiary/aromatic N) is 4. The van der Waals surface area contributed by atoms with Gasteiger partial charge in [0.2, 0.25) is 0 Å². The number of likely N-dealkylation sites (tertiary alicyclic amines) is 1. The first kappa shape index (κ1) is 23.2. The summed E-state index contributed by atoms with van der Waals surface area (Å²) < 4.78 is 0. The number of aromatic nitrogens is 1. The van der Waals surface area contributed by atoms with Crippen LogP contribution in [0.2, 0.25) is 0 Å². The summed E-state index contributed by atoms with van der Waals surface area (Å²) in [5, 5.41) is 3.58. The van der Waals surface area contributed by atoms with E-state index in [9.17, 15) is 4.79 Å². The Labute approximate surface area is 204 Å². The SMILES string of the molecule is CN(C)C1CCN(c2ccc(NCC3C4CN(C(=O)c5ccc(C(C)(C)C)cc5)CC34)cn2)C1. The topological polar surface area (TPSA) is 51.7 Å². The molecule has 6 nitrogen and oxygen atoms in total. The number of anilines is 2. The van der Waals surface area contributed by atoms with Gasteiger partial charge in [-0.2, -0.15) is 0 Å². The molecule has 5 rings (SSSR count). The third-order valence-corrected chi connectivity index (χ3v) is 8.16. The van der Waals surface area contributed by atoms with Gasteiger partial charge < -0.3 is 20.0 Å². The first-order chi connectivity index (χ1) is 16.2. The minimum Gasteiger partial charge on any atom is -0.383 e. The minimum absolute atomic E-state index is 0.107. The Morgan fingerprint density at radius 3 is 2.32 bits per heavy atom. The summed E-state index contributed by atoms with van der Waals surface area (Å²) in [4.78, 5) is 24.4. The van der Waals surface area contributed by atoms with E-state index < -0.39 is 0 Å². The van der Waals surface area contributed by atoms with E-state index >= 15 is 0 Å². The fourth-order valence-electron chi connectivity index (χ4n) is 5.70. The Hall–Kier alpha value is -2.60. The summed E-state index contributed by atoms with van der Waals surface area (Å²) in [6, 6.07) is 13.1. The van der Waals surface area contributed by atoms with E-state index in [4.69, 9.17) is 4.98 Å². The zero-order valence-electron chi connectivity index (χ0n) is 21.3. The molecular weight excluding hydrogens is 422 g/mol. The first-order valence-electron chi connectivity index (χ1n) is 12.7. The molecule has 1 aromatic heterocycles. The highest BCUT2D eigenvalue weighted by molar-refractivity contribution is 5.94. The number of carbonyl (C=O) groups is 1. The fourth-order valence-corrected chi connectivity index (χ4v) is 5.70. The van der Waals surface area contributed by atoms with Crippen LogP contribution in [0, 0.1) is 17.8 Å². The molecule has 1 aromatic carbocycles. The maximum Gasteiger partial charge on any atom is 0.253 e. The summed E-state index contributed by atoms with van der Waals surface area (Å²) in [5.41, 5.74) is 3.27. The van der Waals surface area contributed by atoms with Gasteiger partial charge in [-0.05, 0) is 73.5 Å². The van der Waals surface area contributed by atoms with Crippen LogP contribution in [0.5, 0.6) is 0 Å². The number of fused-ring (bicyclic) bond motifs is 1. The normalized spacial score (nSPS) is 26.2. The van der Waals surface area contributed by atoms with Gasteiger partial charge >= 0.3 is 0 Å². The molecule has 3 heterocycles. The van der Waals surface area contributed by atoms with E-state index in [1.165, 1.54) is 12.0 Å². The van der Waals surface area contributed by atoms with Gasteiger partial charge in [0.05, 0.1) is 11.9 Å². The van der Waals surface area contributed by atoms with Gasteiger partial charge in [-0.25, -0.2) is 4.98 Å². The Morgan fingerprint density at radius 1 is 1.06 bits per heavy atom. The van der Waals surface area contributed by atoms with Crippen LogP contribution in [-0.2, 0) is 5.41 Å².